The number of hydrogen-bond donors (Lipinski definition) is 2. The van der Waals surface area contributed by atoms with Crippen molar-refractivity contribution >= 4 is 23.1 Å². The molecule has 0 atom stereocenters. The van der Waals surface area contributed by atoms with Crippen LogP contribution in [0.5, 0.6) is 0 Å². The van der Waals surface area contributed by atoms with Crippen molar-refractivity contribution in [2.24, 2.45) is 0 Å². The number of nitrogens with one attached hydrogen (secondary N) is 1. The molecule has 1 aromatic carbocycles. The first-order chi connectivity index (χ1) is 11.9. The molecule has 0 aliphatic carbocycles. The Balaban J connectivity index is 1.79. The first-order valence-electron chi connectivity index (χ1n) is 7.56. The normalized spacial score (nSPS) is 10.6. The fourth-order valence-electron chi connectivity index (χ4n) is 2.47. The van der Waals surface area contributed by atoms with Gasteiger partial charge in [0.05, 0.1) is 17.2 Å². The van der Waals surface area contributed by atoms with Gasteiger partial charge in [0.2, 0.25) is 11.8 Å². The topological polar surface area (TPSA) is 125 Å². The Bertz CT molecular complexity index is 936. The summed E-state index contributed by atoms with van der Waals surface area (Å²) in [5, 5.41) is 18.2. The van der Waals surface area contributed by atoms with E-state index in [0.717, 1.165) is 28.8 Å². The highest BCUT2D eigenvalue weighted by molar-refractivity contribution is 5.59. The zero-order valence-corrected chi connectivity index (χ0v) is 13.8. The first-order valence-corrected chi connectivity index (χ1v) is 7.56. The second-order valence-corrected chi connectivity index (χ2v) is 5.63. The lowest BCUT2D eigenvalue weighted by Crippen LogP contribution is -2.05. The summed E-state index contributed by atoms with van der Waals surface area (Å²) in [4.78, 5) is 18.0. The second-order valence-electron chi connectivity index (χ2n) is 5.63. The molecule has 0 saturated heterocycles. The molecule has 9 nitrogen and oxygen atoms in total. The summed E-state index contributed by atoms with van der Waals surface area (Å²) in [6, 6.07) is 9.71. The van der Waals surface area contributed by atoms with E-state index in [1.807, 2.05) is 48.9 Å². The Labute approximate surface area is 143 Å². The molecule has 25 heavy (non-hydrogen) atoms. The molecule has 0 fully saturated rings. The van der Waals surface area contributed by atoms with Crippen LogP contribution in [0.15, 0.2) is 36.5 Å². The summed E-state index contributed by atoms with van der Waals surface area (Å²) >= 11 is 0. The Kier molecular flexibility index (Phi) is 4.29. The number of nitrogens with two attached hydrogens (primary N) is 1. The van der Waals surface area contributed by atoms with Crippen molar-refractivity contribution in [1.82, 2.24) is 19.7 Å². The highest BCUT2D eigenvalue weighted by atomic mass is 16.6. The summed E-state index contributed by atoms with van der Waals surface area (Å²) in [5.74, 6) is 0.0210. The number of hydrogen-bond acceptors (Lipinski definition) is 7. The molecule has 0 bridgehead atoms. The molecular formula is C16H17N7O2. The van der Waals surface area contributed by atoms with Crippen LogP contribution in [0.3, 0.4) is 0 Å². The fraction of sp³-hybridized carbons (Fsp3) is 0.188. The van der Waals surface area contributed by atoms with Gasteiger partial charge in [-0.25, -0.2) is 4.98 Å². The van der Waals surface area contributed by atoms with Gasteiger partial charge in [-0.3, -0.25) is 14.8 Å². The van der Waals surface area contributed by atoms with Crippen LogP contribution >= 0.6 is 0 Å². The summed E-state index contributed by atoms with van der Waals surface area (Å²) < 4.78 is 1.93. The summed E-state index contributed by atoms with van der Waals surface area (Å²) in [6.45, 7) is 4.60. The minimum absolute atomic E-state index is 0.179. The predicted octanol–water partition coefficient (Wildman–Crippen LogP) is 2.57. The first kappa shape index (κ1) is 16.4. The van der Waals surface area contributed by atoms with Crippen molar-refractivity contribution in [2.75, 3.05) is 11.1 Å². The quantitative estimate of drug-likeness (QED) is 0.540. The van der Waals surface area contributed by atoms with Gasteiger partial charge in [0.1, 0.15) is 6.20 Å². The molecule has 2 aromatic heterocycles. The molecule has 128 valence electrons. The standard InChI is InChI=1S/C16H17N7O2/c1-10-6-11(2)22(21-10)9-12-4-3-5-13(7-12)19-16-18-8-14(23(24)25)15(17)20-16/h3-8H,9H2,1-2H3,(H3,17,18,19,20). The van der Waals surface area contributed by atoms with Gasteiger partial charge in [0.15, 0.2) is 0 Å². The summed E-state index contributed by atoms with van der Waals surface area (Å²) in [5.41, 5.74) is 9.13. The van der Waals surface area contributed by atoms with Crippen LogP contribution < -0.4 is 11.1 Å². The van der Waals surface area contributed by atoms with Gasteiger partial charge in [-0.1, -0.05) is 12.1 Å². The average Bonchev–Trinajstić information content (AvgIpc) is 2.85. The number of nitrogen functional groups attached to an aromatic ring is 1. The number of rotatable bonds is 5. The van der Waals surface area contributed by atoms with E-state index in [1.54, 1.807) is 0 Å². The van der Waals surface area contributed by atoms with Gasteiger partial charge in [0.25, 0.3) is 0 Å². The van der Waals surface area contributed by atoms with Gasteiger partial charge in [-0.15, -0.1) is 0 Å². The maximum absolute atomic E-state index is 10.8. The van der Waals surface area contributed by atoms with Crippen molar-refractivity contribution in [3.8, 4) is 0 Å². The zero-order chi connectivity index (χ0) is 18.0. The number of nitro groups is 1. The molecule has 0 amide bonds. The fourth-order valence-corrected chi connectivity index (χ4v) is 2.47. The number of aryl methyl sites for hydroxylation is 2. The number of anilines is 3. The molecule has 3 aromatic rings. The minimum Gasteiger partial charge on any atom is -0.378 e. The van der Waals surface area contributed by atoms with E-state index >= 15 is 0 Å². The number of benzene rings is 1. The SMILES string of the molecule is Cc1cc(C)n(Cc2cccc(Nc3ncc([N+](=O)[O-])c(N)n3)c2)n1. The molecule has 0 aliphatic rings. The maximum Gasteiger partial charge on any atom is 0.329 e. The van der Waals surface area contributed by atoms with E-state index in [2.05, 4.69) is 20.4 Å². The van der Waals surface area contributed by atoms with Crippen molar-refractivity contribution in [3.05, 3.63) is 63.6 Å². The Hall–Kier alpha value is -3.49. The van der Waals surface area contributed by atoms with E-state index in [9.17, 15) is 10.1 Å². The highest BCUT2D eigenvalue weighted by Crippen LogP contribution is 2.21. The van der Waals surface area contributed by atoms with Crippen LogP contribution in [-0.4, -0.2) is 24.7 Å². The Morgan fingerprint density at radius 2 is 2.12 bits per heavy atom. The lowest BCUT2D eigenvalue weighted by atomic mass is 10.2. The second kappa shape index (κ2) is 6.56. The van der Waals surface area contributed by atoms with Crippen molar-refractivity contribution in [1.29, 1.82) is 0 Å². The maximum atomic E-state index is 10.8. The predicted molar refractivity (Wildman–Crippen MR) is 93.6 cm³/mol. The smallest absolute Gasteiger partial charge is 0.329 e. The lowest BCUT2D eigenvalue weighted by molar-refractivity contribution is -0.384. The van der Waals surface area contributed by atoms with Gasteiger partial charge in [-0.2, -0.15) is 10.1 Å². The minimum atomic E-state index is -0.617. The van der Waals surface area contributed by atoms with E-state index < -0.39 is 4.92 Å². The average molecular weight is 339 g/mol. The van der Waals surface area contributed by atoms with Crippen LogP contribution in [-0.2, 0) is 6.54 Å². The molecule has 2 heterocycles. The van der Waals surface area contributed by atoms with Gasteiger partial charge in [-0.05, 0) is 37.6 Å². The molecule has 9 heteroatoms. The van der Waals surface area contributed by atoms with Crippen LogP contribution in [0, 0.1) is 24.0 Å². The Morgan fingerprint density at radius 1 is 1.32 bits per heavy atom. The number of aromatic nitrogens is 4. The van der Waals surface area contributed by atoms with Crippen LogP contribution in [0.4, 0.5) is 23.1 Å². The third kappa shape index (κ3) is 3.71. The third-order valence-corrected chi connectivity index (χ3v) is 3.61. The van der Waals surface area contributed by atoms with E-state index in [1.165, 1.54) is 0 Å². The molecule has 0 saturated carbocycles. The van der Waals surface area contributed by atoms with Crippen LogP contribution in [0.2, 0.25) is 0 Å². The lowest BCUT2D eigenvalue weighted by Gasteiger charge is -2.09. The Morgan fingerprint density at radius 3 is 2.76 bits per heavy atom. The van der Waals surface area contributed by atoms with E-state index in [-0.39, 0.29) is 17.5 Å². The van der Waals surface area contributed by atoms with Gasteiger partial charge in [0, 0.05) is 11.4 Å². The van der Waals surface area contributed by atoms with E-state index in [0.29, 0.717) is 6.54 Å². The third-order valence-electron chi connectivity index (χ3n) is 3.61. The molecule has 3 rings (SSSR count). The van der Waals surface area contributed by atoms with Crippen LogP contribution in [0.25, 0.3) is 0 Å². The molecular weight excluding hydrogens is 322 g/mol. The molecule has 0 radical (unpaired) electrons. The molecule has 0 aliphatic heterocycles. The summed E-state index contributed by atoms with van der Waals surface area (Å²) in [6.07, 6.45) is 1.09. The zero-order valence-electron chi connectivity index (χ0n) is 13.8. The van der Waals surface area contributed by atoms with Crippen molar-refractivity contribution in [2.45, 2.75) is 20.4 Å². The van der Waals surface area contributed by atoms with Crippen molar-refractivity contribution in [3.63, 3.8) is 0 Å². The monoisotopic (exact) mass is 339 g/mol. The largest absolute Gasteiger partial charge is 0.378 e. The molecule has 0 unspecified atom stereocenters. The van der Waals surface area contributed by atoms with Gasteiger partial charge >= 0.3 is 5.69 Å². The van der Waals surface area contributed by atoms with Crippen molar-refractivity contribution < 1.29 is 4.92 Å². The van der Waals surface area contributed by atoms with E-state index in [4.69, 9.17) is 5.73 Å². The highest BCUT2D eigenvalue weighted by Gasteiger charge is 2.14. The molecule has 0 spiro atoms. The van der Waals surface area contributed by atoms with Gasteiger partial charge < -0.3 is 11.1 Å². The van der Waals surface area contributed by atoms with Crippen LogP contribution in [0.1, 0.15) is 17.0 Å². The molecule has 3 N–H and O–H groups in total. The number of nitrogens with zero attached hydrogens (tertiary/aromatic N) is 5. The summed E-state index contributed by atoms with van der Waals surface area (Å²) in [7, 11) is 0.